The SMILES string of the molecule is CC[C@H](C)NC(=O)[C@H]1CCCN(S(=O)(=O)c2cc(C(C)C)ccc2OC)C1. The third-order valence-corrected chi connectivity index (χ3v) is 7.11. The first-order valence-corrected chi connectivity index (χ1v) is 11.1. The highest BCUT2D eigenvalue weighted by atomic mass is 32.2. The van der Waals surface area contributed by atoms with Crippen LogP contribution in [0, 0.1) is 5.92 Å². The van der Waals surface area contributed by atoms with Gasteiger partial charge in [0.15, 0.2) is 0 Å². The lowest BCUT2D eigenvalue weighted by Gasteiger charge is -2.32. The maximum atomic E-state index is 13.3. The molecule has 1 fully saturated rings. The van der Waals surface area contributed by atoms with E-state index in [1.54, 1.807) is 12.1 Å². The van der Waals surface area contributed by atoms with E-state index in [1.807, 2.05) is 33.8 Å². The van der Waals surface area contributed by atoms with Crippen molar-refractivity contribution in [3.05, 3.63) is 23.8 Å². The molecule has 1 aromatic carbocycles. The molecule has 6 nitrogen and oxygen atoms in total. The topological polar surface area (TPSA) is 75.7 Å². The van der Waals surface area contributed by atoms with Gasteiger partial charge in [0.1, 0.15) is 10.6 Å². The smallest absolute Gasteiger partial charge is 0.246 e. The number of methoxy groups -OCH3 is 1. The number of carbonyl (C=O) groups excluding carboxylic acids is 1. The van der Waals surface area contributed by atoms with Crippen LogP contribution in [-0.2, 0) is 14.8 Å². The number of hydrogen-bond donors (Lipinski definition) is 1. The standard InChI is InChI=1S/C20H32N2O4S/c1-6-15(4)21-20(23)17-8-7-11-22(13-17)27(24,25)19-12-16(14(2)3)9-10-18(19)26-5/h9-10,12,14-15,17H,6-8,11,13H2,1-5H3,(H,21,23)/t15-,17-/m0/s1. The highest BCUT2D eigenvalue weighted by Crippen LogP contribution is 2.32. The van der Waals surface area contributed by atoms with Crippen molar-refractivity contribution in [3.8, 4) is 5.75 Å². The minimum absolute atomic E-state index is 0.0628. The molecule has 1 aliphatic rings. The van der Waals surface area contributed by atoms with Gasteiger partial charge in [0, 0.05) is 19.1 Å². The Morgan fingerprint density at radius 1 is 1.33 bits per heavy atom. The predicted octanol–water partition coefficient (Wildman–Crippen LogP) is 3.13. The van der Waals surface area contributed by atoms with Crippen LogP contribution < -0.4 is 10.1 Å². The average molecular weight is 397 g/mol. The molecule has 27 heavy (non-hydrogen) atoms. The molecule has 0 radical (unpaired) electrons. The van der Waals surface area contributed by atoms with Crippen molar-refractivity contribution in [1.29, 1.82) is 0 Å². The lowest BCUT2D eigenvalue weighted by Crippen LogP contribution is -2.47. The predicted molar refractivity (Wildman–Crippen MR) is 106 cm³/mol. The summed E-state index contributed by atoms with van der Waals surface area (Å²) in [5.74, 6) is 0.166. The minimum Gasteiger partial charge on any atom is -0.495 e. The van der Waals surface area contributed by atoms with Crippen LogP contribution in [0.25, 0.3) is 0 Å². The Bertz CT molecular complexity index is 761. The Kier molecular flexibility index (Phi) is 7.28. The molecule has 152 valence electrons. The van der Waals surface area contributed by atoms with Crippen LogP contribution in [0.4, 0.5) is 0 Å². The molecule has 0 unspecified atom stereocenters. The third-order valence-electron chi connectivity index (χ3n) is 5.23. The van der Waals surface area contributed by atoms with Gasteiger partial charge < -0.3 is 10.1 Å². The fourth-order valence-electron chi connectivity index (χ4n) is 3.23. The van der Waals surface area contributed by atoms with Crippen LogP contribution in [0.2, 0.25) is 0 Å². The Labute approximate surface area is 163 Å². The number of nitrogens with one attached hydrogen (secondary N) is 1. The monoisotopic (exact) mass is 396 g/mol. The lowest BCUT2D eigenvalue weighted by molar-refractivity contribution is -0.126. The molecule has 0 aliphatic carbocycles. The van der Waals surface area contributed by atoms with Crippen LogP contribution in [0.3, 0.4) is 0 Å². The molecule has 2 rings (SSSR count). The molecule has 1 amide bonds. The molecule has 0 saturated carbocycles. The number of hydrogen-bond acceptors (Lipinski definition) is 4. The van der Waals surface area contributed by atoms with E-state index in [2.05, 4.69) is 5.32 Å². The van der Waals surface area contributed by atoms with Gasteiger partial charge in [-0.2, -0.15) is 4.31 Å². The molecule has 1 aliphatic heterocycles. The van der Waals surface area contributed by atoms with Crippen LogP contribution in [0.5, 0.6) is 5.75 Å². The zero-order valence-electron chi connectivity index (χ0n) is 17.0. The third kappa shape index (κ3) is 5.02. The van der Waals surface area contributed by atoms with Gasteiger partial charge in [-0.05, 0) is 49.8 Å². The van der Waals surface area contributed by atoms with E-state index in [1.165, 1.54) is 11.4 Å². The highest BCUT2D eigenvalue weighted by molar-refractivity contribution is 7.89. The van der Waals surface area contributed by atoms with E-state index >= 15 is 0 Å². The Hall–Kier alpha value is -1.60. The molecule has 0 aromatic heterocycles. The maximum absolute atomic E-state index is 13.3. The maximum Gasteiger partial charge on any atom is 0.246 e. The molecule has 1 aromatic rings. The zero-order chi connectivity index (χ0) is 20.2. The Balaban J connectivity index is 2.28. The summed E-state index contributed by atoms with van der Waals surface area (Å²) in [7, 11) is -2.26. The van der Waals surface area contributed by atoms with Gasteiger partial charge in [-0.3, -0.25) is 4.79 Å². The quantitative estimate of drug-likeness (QED) is 0.768. The first-order valence-electron chi connectivity index (χ1n) is 9.69. The summed E-state index contributed by atoms with van der Waals surface area (Å²) in [6, 6.07) is 5.38. The van der Waals surface area contributed by atoms with Crippen molar-refractivity contribution < 1.29 is 17.9 Å². The number of carbonyl (C=O) groups is 1. The first kappa shape index (κ1) is 21.7. The second-order valence-electron chi connectivity index (χ2n) is 7.59. The number of benzene rings is 1. The van der Waals surface area contributed by atoms with E-state index in [-0.39, 0.29) is 35.2 Å². The fraction of sp³-hybridized carbons (Fsp3) is 0.650. The van der Waals surface area contributed by atoms with Gasteiger partial charge in [0.25, 0.3) is 0 Å². The summed E-state index contributed by atoms with van der Waals surface area (Å²) in [6.07, 6.45) is 2.22. The van der Waals surface area contributed by atoms with Crippen molar-refractivity contribution in [2.24, 2.45) is 5.92 Å². The van der Waals surface area contributed by atoms with Gasteiger partial charge in [0.2, 0.25) is 15.9 Å². The normalized spacial score (nSPS) is 19.7. The minimum atomic E-state index is -3.73. The van der Waals surface area contributed by atoms with Crippen molar-refractivity contribution in [2.75, 3.05) is 20.2 Å². The summed E-state index contributed by atoms with van der Waals surface area (Å²) in [4.78, 5) is 12.7. The van der Waals surface area contributed by atoms with Crippen molar-refractivity contribution in [2.45, 2.75) is 63.8 Å². The van der Waals surface area contributed by atoms with Crippen LogP contribution in [0.1, 0.15) is 58.4 Å². The zero-order valence-corrected chi connectivity index (χ0v) is 17.8. The molecule has 1 heterocycles. The van der Waals surface area contributed by atoms with Gasteiger partial charge in [-0.1, -0.05) is 26.8 Å². The average Bonchev–Trinajstić information content (AvgIpc) is 2.67. The van der Waals surface area contributed by atoms with E-state index < -0.39 is 10.0 Å². The van der Waals surface area contributed by atoms with E-state index in [9.17, 15) is 13.2 Å². The molecular formula is C20H32N2O4S. The number of sulfonamides is 1. The molecule has 7 heteroatoms. The van der Waals surface area contributed by atoms with E-state index in [0.717, 1.165) is 12.0 Å². The number of piperidine rings is 1. The summed E-state index contributed by atoms with van der Waals surface area (Å²) >= 11 is 0. The fourth-order valence-corrected chi connectivity index (χ4v) is 4.95. The van der Waals surface area contributed by atoms with Gasteiger partial charge >= 0.3 is 0 Å². The van der Waals surface area contributed by atoms with Crippen molar-refractivity contribution in [1.82, 2.24) is 9.62 Å². The molecule has 0 spiro atoms. The van der Waals surface area contributed by atoms with E-state index in [4.69, 9.17) is 4.74 Å². The summed E-state index contributed by atoms with van der Waals surface area (Å²) in [6.45, 7) is 8.64. The van der Waals surface area contributed by atoms with Gasteiger partial charge in [0.05, 0.1) is 13.0 Å². The van der Waals surface area contributed by atoms with Gasteiger partial charge in [-0.15, -0.1) is 0 Å². The molecule has 0 bridgehead atoms. The van der Waals surface area contributed by atoms with Gasteiger partial charge in [-0.25, -0.2) is 8.42 Å². The number of ether oxygens (including phenoxy) is 1. The molecule has 2 atom stereocenters. The van der Waals surface area contributed by atoms with Crippen LogP contribution in [-0.4, -0.2) is 44.9 Å². The second-order valence-corrected chi connectivity index (χ2v) is 9.49. The van der Waals surface area contributed by atoms with Crippen LogP contribution in [0.15, 0.2) is 23.1 Å². The summed E-state index contributed by atoms with van der Waals surface area (Å²) in [5.41, 5.74) is 0.942. The summed E-state index contributed by atoms with van der Waals surface area (Å²) < 4.78 is 33.3. The first-order chi connectivity index (χ1) is 12.7. The number of nitrogens with zero attached hydrogens (tertiary/aromatic N) is 1. The van der Waals surface area contributed by atoms with Crippen molar-refractivity contribution in [3.63, 3.8) is 0 Å². The van der Waals surface area contributed by atoms with E-state index in [0.29, 0.717) is 25.1 Å². The van der Waals surface area contributed by atoms with Crippen LogP contribution >= 0.6 is 0 Å². The molecule has 1 N–H and O–H groups in total. The largest absolute Gasteiger partial charge is 0.495 e. The number of rotatable bonds is 7. The Morgan fingerprint density at radius 3 is 2.63 bits per heavy atom. The number of amides is 1. The Morgan fingerprint density at radius 2 is 2.04 bits per heavy atom. The second kappa shape index (κ2) is 9.06. The van der Waals surface area contributed by atoms with Crippen molar-refractivity contribution >= 4 is 15.9 Å². The molecular weight excluding hydrogens is 364 g/mol. The highest BCUT2D eigenvalue weighted by Gasteiger charge is 2.35. The lowest BCUT2D eigenvalue weighted by atomic mass is 9.98. The summed E-state index contributed by atoms with van der Waals surface area (Å²) in [5, 5.41) is 2.97. The molecule has 1 saturated heterocycles.